The zero-order valence-electron chi connectivity index (χ0n) is 11.2. The molecule has 0 aromatic heterocycles. The number of anilines is 1. The van der Waals surface area contributed by atoms with Crippen LogP contribution in [0.2, 0.25) is 5.02 Å². The van der Waals surface area contributed by atoms with Crippen LogP contribution >= 0.6 is 27.5 Å². The molecule has 0 aliphatic carbocycles. The summed E-state index contributed by atoms with van der Waals surface area (Å²) in [5, 5.41) is 3.67. The number of benzene rings is 2. The summed E-state index contributed by atoms with van der Waals surface area (Å²) in [7, 11) is 0. The molecule has 0 saturated heterocycles. The zero-order valence-corrected chi connectivity index (χ0v) is 13.5. The summed E-state index contributed by atoms with van der Waals surface area (Å²) in [5.74, 6) is 0.120. The predicted octanol–water partition coefficient (Wildman–Crippen LogP) is 5.62. The number of ether oxygens (including phenoxy) is 1. The predicted molar refractivity (Wildman–Crippen MR) is 84.3 cm³/mol. The van der Waals surface area contributed by atoms with Crippen molar-refractivity contribution in [3.63, 3.8) is 0 Å². The normalized spacial score (nSPS) is 10.8. The van der Waals surface area contributed by atoms with Crippen LogP contribution in [0.4, 0.5) is 14.5 Å². The number of hydrogen-bond donors (Lipinski definition) is 1. The quantitative estimate of drug-likeness (QED) is 0.731. The third-order valence-electron chi connectivity index (χ3n) is 2.98. The number of hydrogen-bond acceptors (Lipinski definition) is 2. The molecular formula is C15H13BrClF2NO. The van der Waals surface area contributed by atoms with Gasteiger partial charge in [0.2, 0.25) is 0 Å². The van der Waals surface area contributed by atoms with Gasteiger partial charge in [-0.2, -0.15) is 8.78 Å². The average Bonchev–Trinajstić information content (AvgIpc) is 2.42. The van der Waals surface area contributed by atoms with Gasteiger partial charge in [-0.1, -0.05) is 33.6 Å². The third kappa shape index (κ3) is 4.32. The first kappa shape index (κ1) is 16.0. The lowest BCUT2D eigenvalue weighted by atomic mass is 10.1. The highest BCUT2D eigenvalue weighted by atomic mass is 79.9. The van der Waals surface area contributed by atoms with Crippen molar-refractivity contribution >= 4 is 33.2 Å². The summed E-state index contributed by atoms with van der Waals surface area (Å²) in [6, 6.07) is 10.3. The maximum absolute atomic E-state index is 12.4. The molecular weight excluding hydrogens is 364 g/mol. The van der Waals surface area contributed by atoms with Gasteiger partial charge in [0.15, 0.2) is 0 Å². The molecule has 0 unspecified atom stereocenters. The molecule has 0 bridgehead atoms. The second-order valence-corrected chi connectivity index (χ2v) is 5.69. The molecule has 1 N–H and O–H groups in total. The summed E-state index contributed by atoms with van der Waals surface area (Å²) in [6.45, 7) is -0.571. The maximum Gasteiger partial charge on any atom is 0.387 e. The molecule has 21 heavy (non-hydrogen) atoms. The minimum absolute atomic E-state index is 0.120. The van der Waals surface area contributed by atoms with Gasteiger partial charge in [0.05, 0.1) is 0 Å². The minimum atomic E-state index is -2.86. The van der Waals surface area contributed by atoms with Crippen molar-refractivity contribution in [2.24, 2.45) is 0 Å². The van der Waals surface area contributed by atoms with E-state index in [0.717, 1.165) is 15.7 Å². The second-order valence-electron chi connectivity index (χ2n) is 4.40. The molecule has 2 aromatic rings. The van der Waals surface area contributed by atoms with Crippen LogP contribution in [-0.2, 0) is 6.54 Å². The Labute approximate surface area is 135 Å². The van der Waals surface area contributed by atoms with E-state index in [-0.39, 0.29) is 5.75 Å². The first-order chi connectivity index (χ1) is 9.97. The Balaban J connectivity index is 2.19. The third-order valence-corrected chi connectivity index (χ3v) is 4.07. The smallest absolute Gasteiger partial charge is 0.387 e. The van der Waals surface area contributed by atoms with Crippen LogP contribution in [0.25, 0.3) is 0 Å². The molecule has 112 valence electrons. The van der Waals surface area contributed by atoms with E-state index in [9.17, 15) is 8.78 Å². The monoisotopic (exact) mass is 375 g/mol. The highest BCUT2D eigenvalue weighted by Crippen LogP contribution is 2.27. The Morgan fingerprint density at radius 1 is 1.29 bits per heavy atom. The van der Waals surface area contributed by atoms with E-state index < -0.39 is 6.61 Å². The molecule has 0 aliphatic rings. The number of halogens is 4. The fraction of sp³-hybridized carbons (Fsp3) is 0.200. The largest absolute Gasteiger partial charge is 0.434 e. The van der Waals surface area contributed by atoms with Crippen LogP contribution in [0.5, 0.6) is 5.75 Å². The van der Waals surface area contributed by atoms with E-state index in [1.807, 2.05) is 25.1 Å². The Kier molecular flexibility index (Phi) is 5.42. The molecule has 6 heteroatoms. The van der Waals surface area contributed by atoms with Crippen molar-refractivity contribution < 1.29 is 13.5 Å². The van der Waals surface area contributed by atoms with Crippen LogP contribution in [-0.4, -0.2) is 6.61 Å². The highest BCUT2D eigenvalue weighted by molar-refractivity contribution is 9.10. The summed E-state index contributed by atoms with van der Waals surface area (Å²) >= 11 is 9.36. The van der Waals surface area contributed by atoms with E-state index >= 15 is 0 Å². The molecule has 2 nitrogen and oxygen atoms in total. The van der Waals surface area contributed by atoms with Gasteiger partial charge in [0.25, 0.3) is 0 Å². The van der Waals surface area contributed by atoms with Gasteiger partial charge >= 0.3 is 6.61 Å². The van der Waals surface area contributed by atoms with Crippen molar-refractivity contribution in [2.75, 3.05) is 5.32 Å². The number of alkyl halides is 2. The summed E-state index contributed by atoms with van der Waals surface area (Å²) in [4.78, 5) is 0. The molecule has 0 atom stereocenters. The highest BCUT2D eigenvalue weighted by Gasteiger charge is 2.11. The molecule has 0 radical (unpaired) electrons. The van der Waals surface area contributed by atoms with Crippen LogP contribution in [0, 0.1) is 6.92 Å². The van der Waals surface area contributed by atoms with Gasteiger partial charge in [-0.3, -0.25) is 0 Å². The van der Waals surface area contributed by atoms with Crippen molar-refractivity contribution in [2.45, 2.75) is 20.1 Å². The standard InChI is InChI=1S/C15H13BrClF2NO/c1-9-12(16)3-2-4-13(9)20-8-10-7-11(17)5-6-14(10)21-15(18)19/h2-7,15,20H,8H2,1H3. The van der Waals surface area contributed by atoms with E-state index in [1.54, 1.807) is 6.07 Å². The van der Waals surface area contributed by atoms with Gasteiger partial charge in [-0.15, -0.1) is 0 Å². The van der Waals surface area contributed by atoms with Gasteiger partial charge in [0, 0.05) is 27.3 Å². The first-order valence-electron chi connectivity index (χ1n) is 6.19. The van der Waals surface area contributed by atoms with E-state index in [4.69, 9.17) is 11.6 Å². The Morgan fingerprint density at radius 2 is 2.05 bits per heavy atom. The summed E-state index contributed by atoms with van der Waals surface area (Å²) < 4.78 is 30.3. The molecule has 0 aliphatic heterocycles. The average molecular weight is 377 g/mol. The van der Waals surface area contributed by atoms with E-state index in [2.05, 4.69) is 26.0 Å². The van der Waals surface area contributed by atoms with Crippen LogP contribution in [0.15, 0.2) is 40.9 Å². The molecule has 0 amide bonds. The Bertz CT molecular complexity index is 637. The lowest BCUT2D eigenvalue weighted by Gasteiger charge is -2.14. The maximum atomic E-state index is 12.4. The summed E-state index contributed by atoms with van der Waals surface area (Å²) in [5.41, 5.74) is 2.52. The van der Waals surface area contributed by atoms with Gasteiger partial charge in [-0.05, 0) is 42.8 Å². The minimum Gasteiger partial charge on any atom is -0.434 e. The lowest BCUT2D eigenvalue weighted by Crippen LogP contribution is -2.07. The van der Waals surface area contributed by atoms with E-state index in [1.165, 1.54) is 12.1 Å². The van der Waals surface area contributed by atoms with Crippen LogP contribution in [0.3, 0.4) is 0 Å². The SMILES string of the molecule is Cc1c(Br)cccc1NCc1cc(Cl)ccc1OC(F)F. The second kappa shape index (κ2) is 7.09. The lowest BCUT2D eigenvalue weighted by molar-refractivity contribution is -0.0504. The molecule has 2 rings (SSSR count). The van der Waals surface area contributed by atoms with Gasteiger partial charge < -0.3 is 10.1 Å². The summed E-state index contributed by atoms with van der Waals surface area (Å²) in [6.07, 6.45) is 0. The molecule has 0 fully saturated rings. The first-order valence-corrected chi connectivity index (χ1v) is 7.36. The van der Waals surface area contributed by atoms with Crippen molar-refractivity contribution in [1.82, 2.24) is 0 Å². The fourth-order valence-corrected chi connectivity index (χ4v) is 2.45. The van der Waals surface area contributed by atoms with Gasteiger partial charge in [0.1, 0.15) is 5.75 Å². The Morgan fingerprint density at radius 3 is 2.76 bits per heavy atom. The van der Waals surface area contributed by atoms with E-state index in [0.29, 0.717) is 17.1 Å². The molecule has 0 saturated carbocycles. The zero-order chi connectivity index (χ0) is 15.4. The molecule has 2 aromatic carbocycles. The van der Waals surface area contributed by atoms with Crippen molar-refractivity contribution in [1.29, 1.82) is 0 Å². The van der Waals surface area contributed by atoms with Crippen molar-refractivity contribution in [3.05, 3.63) is 57.0 Å². The Hall–Kier alpha value is -1.33. The van der Waals surface area contributed by atoms with Crippen LogP contribution < -0.4 is 10.1 Å². The topological polar surface area (TPSA) is 21.3 Å². The van der Waals surface area contributed by atoms with Crippen molar-refractivity contribution in [3.8, 4) is 5.75 Å². The van der Waals surface area contributed by atoms with Gasteiger partial charge in [-0.25, -0.2) is 0 Å². The molecule has 0 heterocycles. The number of nitrogens with one attached hydrogen (secondary N) is 1. The molecule has 0 spiro atoms. The fourth-order valence-electron chi connectivity index (χ4n) is 1.89. The van der Waals surface area contributed by atoms with Crippen LogP contribution in [0.1, 0.15) is 11.1 Å². The number of rotatable bonds is 5.